The van der Waals surface area contributed by atoms with E-state index in [1.807, 2.05) is 0 Å². The van der Waals surface area contributed by atoms with Gasteiger partial charge in [-0.3, -0.25) is 5.41 Å². The van der Waals surface area contributed by atoms with Gasteiger partial charge in [-0.25, -0.2) is 9.97 Å². The van der Waals surface area contributed by atoms with E-state index in [4.69, 9.17) is 40.1 Å². The third-order valence-corrected chi connectivity index (χ3v) is 1.72. The lowest BCUT2D eigenvalue weighted by Crippen LogP contribution is -2.16. The molecule has 0 aliphatic heterocycles. The average Bonchev–Trinajstić information content (AvgIpc) is 1.96. The minimum absolute atomic E-state index is 0.000772. The lowest BCUT2D eigenvalue weighted by atomic mass is 10.4. The molecular weight excluding hydrogens is 201 g/mol. The zero-order valence-corrected chi connectivity index (χ0v) is 7.32. The van der Waals surface area contributed by atoms with Gasteiger partial charge in [0, 0.05) is 0 Å². The van der Waals surface area contributed by atoms with E-state index in [1.165, 1.54) is 0 Å². The van der Waals surface area contributed by atoms with Crippen LogP contribution in [-0.4, -0.2) is 15.8 Å². The van der Waals surface area contributed by atoms with Crippen molar-refractivity contribution in [3.8, 4) is 0 Å². The summed E-state index contributed by atoms with van der Waals surface area (Å²) in [6.07, 6.45) is 0. The molecule has 1 aromatic heterocycles. The minimum atomic E-state index is -0.293. The predicted octanol–water partition coefficient (Wildman–Crippen LogP) is 0.650. The second-order valence-electron chi connectivity index (χ2n) is 1.95. The van der Waals surface area contributed by atoms with Gasteiger partial charge >= 0.3 is 0 Å². The summed E-state index contributed by atoms with van der Waals surface area (Å²) in [6.45, 7) is 0. The summed E-state index contributed by atoms with van der Waals surface area (Å²) in [5.74, 6) is -0.296. The zero-order chi connectivity index (χ0) is 9.30. The van der Waals surface area contributed by atoms with Crippen molar-refractivity contribution in [2.45, 2.75) is 0 Å². The highest BCUT2D eigenvalue weighted by Crippen LogP contribution is 2.19. The zero-order valence-electron chi connectivity index (χ0n) is 5.81. The maximum Gasteiger partial charge on any atom is 0.168 e. The SMILES string of the molecule is N=C(N)c1nc(Cl)c(Cl)nc1N. The number of nitrogens with one attached hydrogen (secondary N) is 1. The van der Waals surface area contributed by atoms with Crippen LogP contribution in [0.2, 0.25) is 10.3 Å². The standard InChI is InChI=1S/C5H5Cl2N5/c6-2-3(7)12-5(10)1(11-2)4(8)9/h(H3,8,9)(H2,10,12). The van der Waals surface area contributed by atoms with Crippen LogP contribution in [0.4, 0.5) is 5.82 Å². The fourth-order valence-electron chi connectivity index (χ4n) is 0.605. The summed E-state index contributed by atoms with van der Waals surface area (Å²) in [7, 11) is 0. The highest BCUT2D eigenvalue weighted by Gasteiger charge is 2.10. The molecule has 1 rings (SSSR count). The van der Waals surface area contributed by atoms with E-state index in [9.17, 15) is 0 Å². The third-order valence-electron chi connectivity index (χ3n) is 1.10. The summed E-state index contributed by atoms with van der Waals surface area (Å²) in [6, 6.07) is 0. The number of anilines is 1. The Bertz CT molecular complexity index is 337. The van der Waals surface area contributed by atoms with Gasteiger partial charge in [0.1, 0.15) is 11.5 Å². The van der Waals surface area contributed by atoms with Gasteiger partial charge in [-0.1, -0.05) is 23.2 Å². The summed E-state index contributed by atoms with van der Waals surface area (Å²) < 4.78 is 0. The molecule has 0 bridgehead atoms. The summed E-state index contributed by atoms with van der Waals surface area (Å²) in [4.78, 5) is 7.29. The van der Waals surface area contributed by atoms with E-state index in [0.717, 1.165) is 0 Å². The predicted molar refractivity (Wildman–Crippen MR) is 47.5 cm³/mol. The molecule has 12 heavy (non-hydrogen) atoms. The Labute approximate surface area is 78.2 Å². The highest BCUT2D eigenvalue weighted by atomic mass is 35.5. The molecule has 0 atom stereocenters. The first kappa shape index (κ1) is 9.02. The van der Waals surface area contributed by atoms with Crippen molar-refractivity contribution in [1.29, 1.82) is 5.41 Å². The fourth-order valence-corrected chi connectivity index (χ4v) is 0.865. The first-order chi connectivity index (χ1) is 5.52. The molecule has 1 aromatic rings. The normalized spacial score (nSPS) is 9.83. The lowest BCUT2D eigenvalue weighted by Gasteiger charge is -2.02. The molecule has 0 radical (unpaired) electrons. The van der Waals surface area contributed by atoms with Gasteiger partial charge in [-0.2, -0.15) is 0 Å². The van der Waals surface area contributed by atoms with Gasteiger partial charge in [-0.05, 0) is 0 Å². The van der Waals surface area contributed by atoms with E-state index >= 15 is 0 Å². The fraction of sp³-hybridized carbons (Fsp3) is 0. The number of nitrogens with zero attached hydrogens (tertiary/aromatic N) is 2. The molecule has 5 N–H and O–H groups in total. The monoisotopic (exact) mass is 205 g/mol. The van der Waals surface area contributed by atoms with Crippen LogP contribution in [0.15, 0.2) is 0 Å². The van der Waals surface area contributed by atoms with Gasteiger partial charge < -0.3 is 11.5 Å². The Morgan fingerprint density at radius 1 is 1.25 bits per heavy atom. The van der Waals surface area contributed by atoms with E-state index in [-0.39, 0.29) is 27.7 Å². The largest absolute Gasteiger partial charge is 0.382 e. The van der Waals surface area contributed by atoms with E-state index in [1.54, 1.807) is 0 Å². The number of hydrogen-bond donors (Lipinski definition) is 3. The van der Waals surface area contributed by atoms with Crippen molar-refractivity contribution in [3.63, 3.8) is 0 Å². The molecule has 64 valence electrons. The number of halogens is 2. The smallest absolute Gasteiger partial charge is 0.168 e. The Balaban J connectivity index is 3.33. The Morgan fingerprint density at radius 3 is 2.25 bits per heavy atom. The van der Waals surface area contributed by atoms with Crippen LogP contribution in [0, 0.1) is 5.41 Å². The maximum absolute atomic E-state index is 7.04. The van der Waals surface area contributed by atoms with Crippen LogP contribution < -0.4 is 11.5 Å². The molecular formula is C5H5Cl2N5. The van der Waals surface area contributed by atoms with Gasteiger partial charge in [0.05, 0.1) is 0 Å². The average molecular weight is 206 g/mol. The molecule has 0 saturated heterocycles. The number of hydrogen-bond acceptors (Lipinski definition) is 4. The second kappa shape index (κ2) is 3.12. The Morgan fingerprint density at radius 2 is 1.75 bits per heavy atom. The molecule has 0 aliphatic carbocycles. The first-order valence-corrected chi connectivity index (χ1v) is 3.61. The van der Waals surface area contributed by atoms with Crippen molar-refractivity contribution in [3.05, 3.63) is 16.0 Å². The lowest BCUT2D eigenvalue weighted by molar-refractivity contribution is 1.17. The first-order valence-electron chi connectivity index (χ1n) is 2.85. The summed E-state index contributed by atoms with van der Waals surface area (Å²) >= 11 is 11.0. The van der Waals surface area contributed by atoms with Crippen LogP contribution in [0.25, 0.3) is 0 Å². The van der Waals surface area contributed by atoms with E-state index < -0.39 is 0 Å². The molecule has 1 heterocycles. The van der Waals surface area contributed by atoms with Crippen molar-refractivity contribution in [1.82, 2.24) is 9.97 Å². The van der Waals surface area contributed by atoms with Gasteiger partial charge in [0.25, 0.3) is 0 Å². The van der Waals surface area contributed by atoms with Crippen molar-refractivity contribution < 1.29 is 0 Å². The molecule has 0 amide bonds. The molecule has 0 fully saturated rings. The van der Waals surface area contributed by atoms with Gasteiger partial charge in [-0.15, -0.1) is 0 Å². The molecule has 0 spiro atoms. The quantitative estimate of drug-likeness (QED) is 0.463. The van der Waals surface area contributed by atoms with Crippen LogP contribution >= 0.6 is 23.2 Å². The summed E-state index contributed by atoms with van der Waals surface area (Å²) in [5, 5.41) is 7.02. The van der Waals surface area contributed by atoms with Crippen molar-refractivity contribution in [2.24, 2.45) is 5.73 Å². The van der Waals surface area contributed by atoms with Gasteiger partial charge in [0.15, 0.2) is 16.1 Å². The number of rotatable bonds is 1. The van der Waals surface area contributed by atoms with E-state index in [2.05, 4.69) is 9.97 Å². The minimum Gasteiger partial charge on any atom is -0.382 e. The third kappa shape index (κ3) is 1.57. The molecule has 0 unspecified atom stereocenters. The van der Waals surface area contributed by atoms with Crippen LogP contribution in [-0.2, 0) is 0 Å². The number of aromatic nitrogens is 2. The molecule has 0 aromatic carbocycles. The Kier molecular flexibility index (Phi) is 2.35. The van der Waals surface area contributed by atoms with Crippen molar-refractivity contribution >= 4 is 34.9 Å². The molecule has 5 nitrogen and oxygen atoms in total. The number of nitrogen functional groups attached to an aromatic ring is 2. The Hall–Kier alpha value is -1.07. The topological polar surface area (TPSA) is 102 Å². The molecule has 0 aliphatic rings. The van der Waals surface area contributed by atoms with Crippen LogP contribution in [0.5, 0.6) is 0 Å². The maximum atomic E-state index is 7.04. The number of amidine groups is 1. The summed E-state index contributed by atoms with van der Waals surface area (Å²) in [5.41, 5.74) is 10.5. The van der Waals surface area contributed by atoms with Crippen molar-refractivity contribution in [2.75, 3.05) is 5.73 Å². The molecule has 7 heteroatoms. The highest BCUT2D eigenvalue weighted by molar-refractivity contribution is 6.40. The van der Waals surface area contributed by atoms with E-state index in [0.29, 0.717) is 0 Å². The number of nitrogens with two attached hydrogens (primary N) is 2. The van der Waals surface area contributed by atoms with Crippen LogP contribution in [0.1, 0.15) is 5.69 Å². The molecule has 0 saturated carbocycles. The van der Waals surface area contributed by atoms with Gasteiger partial charge in [0.2, 0.25) is 0 Å². The van der Waals surface area contributed by atoms with Crippen LogP contribution in [0.3, 0.4) is 0 Å². The second-order valence-corrected chi connectivity index (χ2v) is 2.67.